The number of likely N-dealkylation sites (N-methyl/N-ethyl adjacent to an activating group) is 1. The van der Waals surface area contributed by atoms with E-state index < -0.39 is 10.0 Å². The number of halogens is 1. The molecular weight excluding hydrogens is 548 g/mol. The number of amides is 2. The Kier molecular flexibility index (Phi) is 9.09. The summed E-state index contributed by atoms with van der Waals surface area (Å²) in [7, 11) is 0.541. The van der Waals surface area contributed by atoms with Crippen LogP contribution < -0.4 is 15.4 Å². The summed E-state index contributed by atoms with van der Waals surface area (Å²) in [6.07, 6.45) is 5.72. The SMILES string of the molecule is CN1CCc2nc(C(=O)N[C@@H]3CCCC[C@@H]3NC(=O)c3cc4cc(Cl)ccc4[nH]3)sc2C1.CNS(C)(=O)=O. The molecule has 2 atom stereocenters. The van der Waals surface area contributed by atoms with Gasteiger partial charge in [-0.15, -0.1) is 11.3 Å². The maximum atomic E-state index is 13.0. The fourth-order valence-corrected chi connectivity index (χ4v) is 5.87. The third-order valence-corrected chi connectivity index (χ3v) is 8.77. The van der Waals surface area contributed by atoms with E-state index >= 15 is 0 Å². The molecule has 3 heterocycles. The molecule has 1 aliphatic heterocycles. The number of sulfonamides is 1. The number of thiazole rings is 1. The zero-order valence-corrected chi connectivity index (χ0v) is 24.0. The van der Waals surface area contributed by atoms with Crippen molar-refractivity contribution in [2.24, 2.45) is 0 Å². The van der Waals surface area contributed by atoms with Crippen LogP contribution in [0.1, 0.15) is 56.5 Å². The Morgan fingerprint density at radius 2 is 1.79 bits per heavy atom. The molecule has 0 spiro atoms. The van der Waals surface area contributed by atoms with Crippen molar-refractivity contribution in [3.8, 4) is 0 Å². The Morgan fingerprint density at radius 1 is 1.13 bits per heavy atom. The van der Waals surface area contributed by atoms with Crippen molar-refractivity contribution in [1.29, 1.82) is 0 Å². The van der Waals surface area contributed by atoms with Crippen LogP contribution in [0, 0.1) is 0 Å². The monoisotopic (exact) mass is 580 g/mol. The molecule has 4 N–H and O–H groups in total. The predicted octanol–water partition coefficient (Wildman–Crippen LogP) is 2.90. The minimum atomic E-state index is -2.91. The highest BCUT2D eigenvalue weighted by molar-refractivity contribution is 7.88. The number of nitrogens with zero attached hydrogens (tertiary/aromatic N) is 2. The van der Waals surface area contributed by atoms with Gasteiger partial charge in [0, 0.05) is 52.4 Å². The normalized spacial score (nSPS) is 19.8. The van der Waals surface area contributed by atoms with Crippen LogP contribution in [0.25, 0.3) is 10.9 Å². The summed E-state index contributed by atoms with van der Waals surface area (Å²) in [6.45, 7) is 1.81. The molecule has 38 heavy (non-hydrogen) atoms. The van der Waals surface area contributed by atoms with Crippen LogP contribution in [0.15, 0.2) is 24.3 Å². The van der Waals surface area contributed by atoms with Gasteiger partial charge in [-0.2, -0.15) is 0 Å². The van der Waals surface area contributed by atoms with Crippen molar-refractivity contribution in [3.63, 3.8) is 0 Å². The zero-order chi connectivity index (χ0) is 27.4. The maximum absolute atomic E-state index is 13.0. The van der Waals surface area contributed by atoms with E-state index in [0.29, 0.717) is 15.7 Å². The van der Waals surface area contributed by atoms with E-state index in [4.69, 9.17) is 11.6 Å². The smallest absolute Gasteiger partial charge is 0.280 e. The molecule has 0 radical (unpaired) electrons. The number of nitrogens with one attached hydrogen (secondary N) is 4. The number of fused-ring (bicyclic) bond motifs is 2. The Hall–Kier alpha value is -2.51. The largest absolute Gasteiger partial charge is 0.351 e. The van der Waals surface area contributed by atoms with E-state index in [1.54, 1.807) is 6.07 Å². The first kappa shape index (κ1) is 28.5. The summed E-state index contributed by atoms with van der Waals surface area (Å²) in [5.74, 6) is -0.310. The van der Waals surface area contributed by atoms with Crippen molar-refractivity contribution in [1.82, 2.24) is 30.2 Å². The molecule has 0 unspecified atom stereocenters. The number of hydrogen-bond donors (Lipinski definition) is 4. The topological polar surface area (TPSA) is 136 Å². The van der Waals surface area contributed by atoms with E-state index in [2.05, 4.69) is 37.3 Å². The third kappa shape index (κ3) is 7.32. The molecule has 5 rings (SSSR count). The van der Waals surface area contributed by atoms with Crippen LogP contribution in [-0.4, -0.2) is 74.1 Å². The number of rotatable bonds is 5. The number of aromatic amines is 1. The Balaban J connectivity index is 0.000000505. The third-order valence-electron chi connectivity index (χ3n) is 6.71. The Morgan fingerprint density at radius 3 is 2.45 bits per heavy atom. The molecule has 1 aromatic carbocycles. The first-order chi connectivity index (χ1) is 18.0. The second kappa shape index (κ2) is 12.1. The van der Waals surface area contributed by atoms with Gasteiger partial charge in [0.15, 0.2) is 5.01 Å². The lowest BCUT2D eigenvalue weighted by molar-refractivity contribution is 0.0860. The summed E-state index contributed by atoms with van der Waals surface area (Å²) in [4.78, 5) is 37.1. The van der Waals surface area contributed by atoms with Crippen LogP contribution in [-0.2, 0) is 23.0 Å². The molecule has 1 saturated carbocycles. The quantitative estimate of drug-likeness (QED) is 0.366. The number of H-pyrrole nitrogens is 1. The highest BCUT2D eigenvalue weighted by Gasteiger charge is 2.30. The van der Waals surface area contributed by atoms with Gasteiger partial charge in [-0.25, -0.2) is 18.1 Å². The highest BCUT2D eigenvalue weighted by atomic mass is 35.5. The van der Waals surface area contributed by atoms with Crippen molar-refractivity contribution < 1.29 is 18.0 Å². The molecule has 10 nitrogen and oxygen atoms in total. The fourth-order valence-electron chi connectivity index (χ4n) is 4.60. The zero-order valence-electron chi connectivity index (χ0n) is 21.6. The number of benzene rings is 1. The molecule has 2 aliphatic rings. The van der Waals surface area contributed by atoms with E-state index in [0.717, 1.165) is 68.0 Å². The minimum Gasteiger partial charge on any atom is -0.351 e. The summed E-state index contributed by atoms with van der Waals surface area (Å²) in [5.41, 5.74) is 2.41. The lowest BCUT2D eigenvalue weighted by atomic mass is 9.90. The number of hydrogen-bond acceptors (Lipinski definition) is 7. The molecule has 3 aromatic rings. The van der Waals surface area contributed by atoms with Gasteiger partial charge >= 0.3 is 0 Å². The van der Waals surface area contributed by atoms with E-state index in [9.17, 15) is 18.0 Å². The van der Waals surface area contributed by atoms with E-state index in [1.807, 2.05) is 18.2 Å². The molecule has 2 amide bonds. The van der Waals surface area contributed by atoms with Crippen LogP contribution in [0.5, 0.6) is 0 Å². The first-order valence-electron chi connectivity index (χ1n) is 12.5. The molecule has 0 bridgehead atoms. The Labute approximate surface area is 231 Å². The average molecular weight is 581 g/mol. The second-order valence-electron chi connectivity index (χ2n) is 9.71. The molecule has 1 aliphatic carbocycles. The molecule has 0 saturated heterocycles. The van der Waals surface area contributed by atoms with Gasteiger partial charge in [0.1, 0.15) is 5.69 Å². The van der Waals surface area contributed by atoms with Gasteiger partial charge in [-0.3, -0.25) is 9.59 Å². The highest BCUT2D eigenvalue weighted by Crippen LogP contribution is 2.26. The molecule has 1 fully saturated rings. The van der Waals surface area contributed by atoms with Crippen molar-refractivity contribution in [3.05, 3.63) is 50.6 Å². The Bertz CT molecular complexity index is 1420. The van der Waals surface area contributed by atoms with Crippen LogP contribution in [0.3, 0.4) is 0 Å². The first-order valence-corrected chi connectivity index (χ1v) is 15.6. The van der Waals surface area contributed by atoms with E-state index in [-0.39, 0.29) is 23.9 Å². The fraction of sp³-hybridized carbons (Fsp3) is 0.480. The molecule has 13 heteroatoms. The summed E-state index contributed by atoms with van der Waals surface area (Å²) < 4.78 is 21.9. The van der Waals surface area contributed by atoms with Gasteiger partial charge in [-0.1, -0.05) is 24.4 Å². The number of carbonyl (C=O) groups excluding carboxylic acids is 2. The molecule has 2 aromatic heterocycles. The lowest BCUT2D eigenvalue weighted by Crippen LogP contribution is -2.53. The van der Waals surface area contributed by atoms with Crippen LogP contribution >= 0.6 is 22.9 Å². The van der Waals surface area contributed by atoms with Crippen molar-refractivity contribution >= 4 is 55.7 Å². The average Bonchev–Trinajstić information content (AvgIpc) is 3.49. The second-order valence-corrected chi connectivity index (χ2v) is 13.2. The van der Waals surface area contributed by atoms with Gasteiger partial charge in [0.05, 0.1) is 11.9 Å². The summed E-state index contributed by atoms with van der Waals surface area (Å²) in [5, 5.41) is 8.33. The van der Waals surface area contributed by atoms with Gasteiger partial charge < -0.3 is 20.5 Å². The number of aromatic nitrogens is 2. The van der Waals surface area contributed by atoms with Crippen LogP contribution in [0.2, 0.25) is 5.02 Å². The minimum absolute atomic E-state index is 0.109. The van der Waals surface area contributed by atoms with Crippen LogP contribution in [0.4, 0.5) is 0 Å². The summed E-state index contributed by atoms with van der Waals surface area (Å²) >= 11 is 7.54. The maximum Gasteiger partial charge on any atom is 0.280 e. The summed E-state index contributed by atoms with van der Waals surface area (Å²) in [6, 6.07) is 7.08. The van der Waals surface area contributed by atoms with Crippen molar-refractivity contribution in [2.75, 3.05) is 26.9 Å². The predicted molar refractivity (Wildman–Crippen MR) is 150 cm³/mol. The lowest BCUT2D eigenvalue weighted by Gasteiger charge is -2.32. The van der Waals surface area contributed by atoms with Gasteiger partial charge in [-0.05, 0) is 51.2 Å². The molecular formula is C25H33ClN6O4S2. The van der Waals surface area contributed by atoms with Crippen molar-refractivity contribution in [2.45, 2.75) is 50.7 Å². The van der Waals surface area contributed by atoms with Gasteiger partial charge in [0.25, 0.3) is 11.8 Å². The number of carbonyl (C=O) groups is 2. The van der Waals surface area contributed by atoms with Gasteiger partial charge in [0.2, 0.25) is 10.0 Å². The standard InChI is InChI=1S/C23H26ClN5O2S.C2H7NO2S/c1-29-9-8-18-20(12-29)32-23(28-18)22(31)27-17-5-3-2-4-16(17)26-21(30)19-11-13-10-14(24)6-7-15(13)25-19;1-3-6(2,4)5/h6-7,10-11,16-17,25H,2-5,8-9,12H2,1H3,(H,26,30)(H,27,31);3H,1-2H3/t16-,17+;/m0./s1. The molecule has 206 valence electrons. The van der Waals surface area contributed by atoms with E-state index in [1.165, 1.54) is 23.3 Å².